The first-order valence-corrected chi connectivity index (χ1v) is 9.39. The topological polar surface area (TPSA) is 50.4 Å². The molecule has 9 heteroatoms. The Bertz CT molecular complexity index is 765. The second-order valence-corrected chi connectivity index (χ2v) is 6.90. The zero-order valence-electron chi connectivity index (χ0n) is 16.2. The summed E-state index contributed by atoms with van der Waals surface area (Å²) in [6.07, 6.45) is -1.03. The van der Waals surface area contributed by atoms with Crippen LogP contribution in [-0.4, -0.2) is 49.0 Å². The monoisotopic (exact) mass is 419 g/mol. The Hall–Kier alpha value is -1.77. The molecule has 1 N–H and O–H groups in total. The van der Waals surface area contributed by atoms with E-state index in [-0.39, 0.29) is 29.5 Å². The minimum Gasteiger partial charge on any atom is -0.491 e. The third kappa shape index (κ3) is 5.86. The van der Waals surface area contributed by atoms with Crippen LogP contribution in [0.3, 0.4) is 0 Å². The molecule has 1 aromatic carbocycles. The Labute approximate surface area is 167 Å². The molecular weight excluding hydrogens is 395 g/mol. The normalized spacial score (nSPS) is 12.0. The number of hydrogen-bond acceptors (Lipinski definition) is 4. The van der Waals surface area contributed by atoms with Gasteiger partial charge in [-0.3, -0.25) is 5.10 Å². The molecule has 0 saturated heterocycles. The van der Waals surface area contributed by atoms with E-state index in [1.54, 1.807) is 0 Å². The van der Waals surface area contributed by atoms with Gasteiger partial charge in [0.15, 0.2) is 0 Å². The van der Waals surface area contributed by atoms with Crippen molar-refractivity contribution in [3.05, 3.63) is 34.6 Å². The van der Waals surface area contributed by atoms with Crippen LogP contribution < -0.4 is 4.74 Å². The van der Waals surface area contributed by atoms with Crippen molar-refractivity contribution in [2.75, 3.05) is 33.9 Å². The highest BCUT2D eigenvalue weighted by atomic mass is 35.5. The molecule has 0 amide bonds. The van der Waals surface area contributed by atoms with E-state index >= 15 is 0 Å². The lowest BCUT2D eigenvalue weighted by Crippen LogP contribution is -2.19. The number of nitrogens with zero attached hydrogens (tertiary/aromatic N) is 2. The molecule has 0 radical (unpaired) electrons. The first-order chi connectivity index (χ1) is 13.3. The number of benzene rings is 1. The van der Waals surface area contributed by atoms with Crippen LogP contribution in [0.1, 0.15) is 31.0 Å². The molecule has 28 heavy (non-hydrogen) atoms. The van der Waals surface area contributed by atoms with Gasteiger partial charge in [0.2, 0.25) is 0 Å². The van der Waals surface area contributed by atoms with Crippen LogP contribution >= 0.6 is 11.6 Å². The average molecular weight is 420 g/mol. The number of nitrogens with one attached hydrogen (secondary N) is 1. The lowest BCUT2D eigenvalue weighted by molar-refractivity contribution is -0.137. The molecule has 2 aromatic rings. The Morgan fingerprint density at radius 3 is 2.61 bits per heavy atom. The van der Waals surface area contributed by atoms with Crippen molar-refractivity contribution in [1.82, 2.24) is 15.1 Å². The summed E-state index contributed by atoms with van der Waals surface area (Å²) in [4.78, 5) is 2.08. The van der Waals surface area contributed by atoms with Crippen LogP contribution in [0.5, 0.6) is 5.75 Å². The highest BCUT2D eigenvalue weighted by molar-refractivity contribution is 6.34. The van der Waals surface area contributed by atoms with E-state index in [1.165, 1.54) is 19.4 Å². The van der Waals surface area contributed by atoms with Gasteiger partial charge < -0.3 is 14.4 Å². The molecule has 1 aromatic heterocycles. The van der Waals surface area contributed by atoms with E-state index < -0.39 is 11.7 Å². The number of alkyl halides is 3. The first-order valence-electron chi connectivity index (χ1n) is 9.01. The van der Waals surface area contributed by atoms with E-state index in [0.29, 0.717) is 17.8 Å². The summed E-state index contributed by atoms with van der Waals surface area (Å²) in [6, 6.07) is 2.42. The second-order valence-electron chi connectivity index (χ2n) is 6.52. The maximum atomic E-state index is 13.5. The minimum absolute atomic E-state index is 0.0789. The number of hydrogen-bond donors (Lipinski definition) is 1. The second kappa shape index (κ2) is 10.1. The number of methoxy groups -OCH3 is 1. The van der Waals surface area contributed by atoms with Gasteiger partial charge in [0, 0.05) is 24.8 Å². The van der Waals surface area contributed by atoms with Crippen LogP contribution in [0.2, 0.25) is 5.02 Å². The fourth-order valence-electron chi connectivity index (χ4n) is 2.77. The number of ether oxygens (including phenoxy) is 2. The lowest BCUT2D eigenvalue weighted by atomic mass is 10.0. The molecule has 5 nitrogen and oxygen atoms in total. The highest BCUT2D eigenvalue weighted by Crippen LogP contribution is 2.43. The molecule has 0 bridgehead atoms. The molecule has 0 aliphatic carbocycles. The Balaban J connectivity index is 2.41. The maximum Gasteiger partial charge on any atom is 0.418 e. The number of rotatable bonds is 10. The SMILES string of the molecule is CCCCN(C)Cc1[nH]ncc1-c1cc(OCCOC)cc(C(F)(F)F)c1Cl. The van der Waals surface area contributed by atoms with Crippen molar-refractivity contribution >= 4 is 11.6 Å². The van der Waals surface area contributed by atoms with E-state index in [4.69, 9.17) is 21.1 Å². The molecule has 156 valence electrons. The minimum atomic E-state index is -4.60. The van der Waals surface area contributed by atoms with Crippen molar-refractivity contribution in [1.29, 1.82) is 0 Å². The van der Waals surface area contributed by atoms with Crippen LogP contribution in [0.25, 0.3) is 11.1 Å². The zero-order chi connectivity index (χ0) is 20.7. The maximum absolute atomic E-state index is 13.5. The fraction of sp³-hybridized carbons (Fsp3) is 0.526. The Kier molecular flexibility index (Phi) is 8.15. The number of unbranched alkanes of at least 4 members (excludes halogenated alkanes) is 1. The van der Waals surface area contributed by atoms with E-state index in [9.17, 15) is 13.2 Å². The van der Waals surface area contributed by atoms with Gasteiger partial charge in [-0.15, -0.1) is 0 Å². The lowest BCUT2D eigenvalue weighted by Gasteiger charge is -2.18. The molecule has 2 rings (SSSR count). The van der Waals surface area contributed by atoms with Crippen LogP contribution in [-0.2, 0) is 17.5 Å². The van der Waals surface area contributed by atoms with Gasteiger partial charge in [-0.05, 0) is 32.1 Å². The van der Waals surface area contributed by atoms with Gasteiger partial charge in [0.1, 0.15) is 12.4 Å². The van der Waals surface area contributed by atoms with Crippen molar-refractivity contribution in [3.63, 3.8) is 0 Å². The predicted octanol–water partition coefficient (Wildman–Crippen LogP) is 5.01. The molecule has 1 heterocycles. The van der Waals surface area contributed by atoms with Crippen molar-refractivity contribution in [2.24, 2.45) is 0 Å². The zero-order valence-corrected chi connectivity index (χ0v) is 17.0. The molecule has 0 aliphatic rings. The summed E-state index contributed by atoms with van der Waals surface area (Å²) >= 11 is 6.15. The standard InChI is InChI=1S/C19H25ClF3N3O2/c1-4-5-6-26(2)12-17-15(11-24-25-17)14-9-13(28-8-7-27-3)10-16(18(14)20)19(21,22)23/h9-11H,4-8,12H2,1-3H3,(H,24,25). The van der Waals surface area contributed by atoms with Gasteiger partial charge in [0.25, 0.3) is 0 Å². The van der Waals surface area contributed by atoms with Gasteiger partial charge >= 0.3 is 6.18 Å². The fourth-order valence-corrected chi connectivity index (χ4v) is 3.09. The first kappa shape index (κ1) is 22.5. The Morgan fingerprint density at radius 1 is 1.21 bits per heavy atom. The number of halogens is 4. The summed E-state index contributed by atoms with van der Waals surface area (Å²) in [7, 11) is 3.44. The van der Waals surface area contributed by atoms with Gasteiger partial charge in [-0.1, -0.05) is 24.9 Å². The van der Waals surface area contributed by atoms with Crippen molar-refractivity contribution < 1.29 is 22.6 Å². The van der Waals surface area contributed by atoms with Crippen LogP contribution in [0.15, 0.2) is 18.3 Å². The summed E-state index contributed by atoms with van der Waals surface area (Å²) < 4.78 is 50.8. The van der Waals surface area contributed by atoms with E-state index in [0.717, 1.165) is 25.5 Å². The summed E-state index contributed by atoms with van der Waals surface area (Å²) in [5.74, 6) is 0.0789. The molecule has 0 saturated carbocycles. The van der Waals surface area contributed by atoms with E-state index in [2.05, 4.69) is 22.0 Å². The summed E-state index contributed by atoms with van der Waals surface area (Å²) in [5, 5.41) is 6.52. The Morgan fingerprint density at radius 2 is 1.96 bits per heavy atom. The van der Waals surface area contributed by atoms with Gasteiger partial charge in [-0.2, -0.15) is 18.3 Å². The predicted molar refractivity (Wildman–Crippen MR) is 103 cm³/mol. The molecule has 0 unspecified atom stereocenters. The van der Waals surface area contributed by atoms with Gasteiger partial charge in [0.05, 0.1) is 29.1 Å². The van der Waals surface area contributed by atoms with Crippen LogP contribution in [0.4, 0.5) is 13.2 Å². The molecule has 0 spiro atoms. The van der Waals surface area contributed by atoms with Crippen molar-refractivity contribution in [3.8, 4) is 16.9 Å². The van der Waals surface area contributed by atoms with Crippen LogP contribution in [0, 0.1) is 0 Å². The van der Waals surface area contributed by atoms with Gasteiger partial charge in [-0.25, -0.2) is 0 Å². The van der Waals surface area contributed by atoms with Crippen molar-refractivity contribution in [2.45, 2.75) is 32.5 Å². The average Bonchev–Trinajstić information content (AvgIpc) is 3.08. The molecule has 0 aliphatic heterocycles. The summed E-state index contributed by atoms with van der Waals surface area (Å²) in [6.45, 7) is 3.88. The highest BCUT2D eigenvalue weighted by Gasteiger charge is 2.35. The molecule has 0 fully saturated rings. The number of aromatic nitrogens is 2. The third-order valence-electron chi connectivity index (χ3n) is 4.24. The quantitative estimate of drug-likeness (QED) is 0.550. The van der Waals surface area contributed by atoms with E-state index in [1.807, 2.05) is 7.05 Å². The summed E-state index contributed by atoms with van der Waals surface area (Å²) in [5.41, 5.74) is 0.515. The third-order valence-corrected chi connectivity index (χ3v) is 4.64. The molecular formula is C19H25ClF3N3O2. The smallest absolute Gasteiger partial charge is 0.418 e. The molecule has 0 atom stereocenters. The number of H-pyrrole nitrogens is 1. The largest absolute Gasteiger partial charge is 0.491 e. The number of aromatic amines is 1.